The van der Waals surface area contributed by atoms with Gasteiger partial charge in [0.25, 0.3) is 5.91 Å². The van der Waals surface area contributed by atoms with E-state index in [9.17, 15) is 24.2 Å². The van der Waals surface area contributed by atoms with Gasteiger partial charge in [-0.1, -0.05) is 31.9 Å². The van der Waals surface area contributed by atoms with Crippen molar-refractivity contribution in [2.45, 2.75) is 33.1 Å². The van der Waals surface area contributed by atoms with Crippen molar-refractivity contribution in [3.63, 3.8) is 0 Å². The van der Waals surface area contributed by atoms with E-state index < -0.39 is 23.6 Å². The minimum Gasteiger partial charge on any atom is -0.508 e. The molecule has 3 rings (SSSR count). The molecule has 1 heterocycles. The molecule has 29 heavy (non-hydrogen) atoms. The predicted octanol–water partition coefficient (Wildman–Crippen LogP) is 5.35. The molecular formula is C22H21ClFNO4. The van der Waals surface area contributed by atoms with Gasteiger partial charge in [-0.15, -0.1) is 0 Å². The highest BCUT2D eigenvalue weighted by atomic mass is 35.5. The third-order valence-corrected chi connectivity index (χ3v) is 5.70. The molecular weight excluding hydrogens is 397 g/mol. The maximum atomic E-state index is 13.9. The molecule has 5 nitrogen and oxygen atoms in total. The fourth-order valence-corrected chi connectivity index (χ4v) is 3.85. The number of carboxylic acids is 1. The summed E-state index contributed by atoms with van der Waals surface area (Å²) < 4.78 is 15.3. The van der Waals surface area contributed by atoms with Gasteiger partial charge < -0.3 is 10.2 Å². The number of aromatic nitrogens is 1. The minimum absolute atomic E-state index is 0.0332. The Kier molecular flexibility index (Phi) is 5.66. The normalized spacial score (nSPS) is 13.4. The maximum Gasteiger partial charge on any atom is 0.311 e. The number of carboxylic acid groups (broad SMARTS) is 1. The Morgan fingerprint density at radius 2 is 1.90 bits per heavy atom. The predicted molar refractivity (Wildman–Crippen MR) is 109 cm³/mol. The fraction of sp³-hybridized carbons (Fsp3) is 0.273. The van der Waals surface area contributed by atoms with E-state index in [4.69, 9.17) is 11.6 Å². The number of phenols is 1. The molecule has 0 bridgehead atoms. The van der Waals surface area contributed by atoms with Gasteiger partial charge in [-0.05, 0) is 54.8 Å². The van der Waals surface area contributed by atoms with Gasteiger partial charge >= 0.3 is 5.97 Å². The van der Waals surface area contributed by atoms with E-state index in [1.54, 1.807) is 13.0 Å². The van der Waals surface area contributed by atoms with E-state index in [0.29, 0.717) is 28.6 Å². The lowest BCUT2D eigenvalue weighted by Gasteiger charge is -2.20. The van der Waals surface area contributed by atoms with Crippen molar-refractivity contribution < 1.29 is 24.2 Å². The molecule has 0 saturated carbocycles. The molecule has 1 aromatic heterocycles. The lowest BCUT2D eigenvalue weighted by molar-refractivity contribution is -0.140. The molecule has 2 N–H and O–H groups in total. The van der Waals surface area contributed by atoms with Gasteiger partial charge in [0.2, 0.25) is 0 Å². The Hall–Kier alpha value is -2.86. The van der Waals surface area contributed by atoms with Gasteiger partial charge in [0, 0.05) is 16.6 Å². The van der Waals surface area contributed by atoms with Crippen LogP contribution < -0.4 is 0 Å². The molecule has 2 atom stereocenters. The zero-order valence-electron chi connectivity index (χ0n) is 16.2. The summed E-state index contributed by atoms with van der Waals surface area (Å²) in [7, 11) is 0. The molecule has 152 valence electrons. The van der Waals surface area contributed by atoms with Crippen LogP contribution in [0.25, 0.3) is 10.9 Å². The zero-order valence-corrected chi connectivity index (χ0v) is 17.0. The van der Waals surface area contributed by atoms with Gasteiger partial charge in [0.15, 0.2) is 0 Å². The molecule has 0 aliphatic carbocycles. The average molecular weight is 418 g/mol. The summed E-state index contributed by atoms with van der Waals surface area (Å²) in [5.41, 5.74) is 1.45. The molecule has 0 amide bonds. The summed E-state index contributed by atoms with van der Waals surface area (Å²) in [6, 6.07) is 8.22. The summed E-state index contributed by atoms with van der Waals surface area (Å²) in [6.45, 7) is 5.39. The van der Waals surface area contributed by atoms with Crippen LogP contribution in [0, 0.1) is 18.7 Å². The standard InChI is InChI=1S/C22H21ClFNO4/c1-4-11(2)19(22(28)29)20-12(3)25(18-8-6-14(26)10-15(18)20)21(27)13-5-7-16(23)17(24)9-13/h5-11,19,26H,4H2,1-3H3,(H,28,29)/t11-,19?/m0/s1. The summed E-state index contributed by atoms with van der Waals surface area (Å²) in [6.07, 6.45) is 0.623. The van der Waals surface area contributed by atoms with Gasteiger partial charge in [0.05, 0.1) is 16.5 Å². The lowest BCUT2D eigenvalue weighted by Crippen LogP contribution is -2.21. The first-order chi connectivity index (χ1) is 13.7. The minimum atomic E-state index is -1.00. The van der Waals surface area contributed by atoms with Gasteiger partial charge in [0.1, 0.15) is 11.6 Å². The zero-order chi connectivity index (χ0) is 21.5. The molecule has 0 spiro atoms. The maximum absolute atomic E-state index is 13.9. The van der Waals surface area contributed by atoms with Crippen LogP contribution in [0.4, 0.5) is 4.39 Å². The summed E-state index contributed by atoms with van der Waals surface area (Å²) in [5, 5.41) is 20.3. The number of benzene rings is 2. The summed E-state index contributed by atoms with van der Waals surface area (Å²) in [5.74, 6) is -3.32. The fourth-order valence-electron chi connectivity index (χ4n) is 3.73. The number of hydrogen-bond donors (Lipinski definition) is 2. The highest BCUT2D eigenvalue weighted by Gasteiger charge is 2.32. The number of halogens is 2. The summed E-state index contributed by atoms with van der Waals surface area (Å²) in [4.78, 5) is 25.3. The van der Waals surface area contributed by atoms with Crippen LogP contribution in [-0.4, -0.2) is 26.7 Å². The van der Waals surface area contributed by atoms with Crippen LogP contribution in [0.2, 0.25) is 5.02 Å². The molecule has 0 saturated heterocycles. The number of fused-ring (bicyclic) bond motifs is 1. The Morgan fingerprint density at radius 1 is 1.21 bits per heavy atom. The van der Waals surface area contributed by atoms with Crippen molar-refractivity contribution in [2.75, 3.05) is 0 Å². The van der Waals surface area contributed by atoms with Crippen LogP contribution in [-0.2, 0) is 4.79 Å². The molecule has 0 fully saturated rings. The molecule has 7 heteroatoms. The number of phenolic OH excluding ortho intramolecular Hbond substituents is 1. The third kappa shape index (κ3) is 3.60. The molecule has 0 aliphatic rings. The number of hydrogen-bond acceptors (Lipinski definition) is 3. The first kappa shape index (κ1) is 20.9. The molecule has 2 aromatic carbocycles. The van der Waals surface area contributed by atoms with E-state index in [1.807, 2.05) is 13.8 Å². The second-order valence-electron chi connectivity index (χ2n) is 7.17. The van der Waals surface area contributed by atoms with E-state index >= 15 is 0 Å². The van der Waals surface area contributed by atoms with Gasteiger partial charge in [-0.25, -0.2) is 4.39 Å². The monoisotopic (exact) mass is 417 g/mol. The van der Waals surface area contributed by atoms with Crippen LogP contribution in [0.5, 0.6) is 5.75 Å². The number of carbonyl (C=O) groups excluding carboxylic acids is 1. The number of carbonyl (C=O) groups is 2. The number of nitrogens with zero attached hydrogens (tertiary/aromatic N) is 1. The average Bonchev–Trinajstić information content (AvgIpc) is 2.94. The second kappa shape index (κ2) is 7.87. The van der Waals surface area contributed by atoms with Crippen molar-refractivity contribution in [1.82, 2.24) is 4.57 Å². The van der Waals surface area contributed by atoms with Crippen LogP contribution >= 0.6 is 11.6 Å². The topological polar surface area (TPSA) is 79.5 Å². The molecule has 3 aromatic rings. The third-order valence-electron chi connectivity index (χ3n) is 5.40. The first-order valence-electron chi connectivity index (χ1n) is 9.23. The SMILES string of the molecule is CC[C@H](C)C(C(=O)O)c1c(C)n(C(=O)c2ccc(Cl)c(F)c2)c2ccc(O)cc12. The van der Waals surface area contributed by atoms with Crippen molar-refractivity contribution in [3.05, 3.63) is 64.1 Å². The van der Waals surface area contributed by atoms with Gasteiger partial charge in [-0.2, -0.15) is 0 Å². The van der Waals surface area contributed by atoms with E-state index in [-0.39, 0.29) is 22.3 Å². The van der Waals surface area contributed by atoms with E-state index in [2.05, 4.69) is 0 Å². The van der Waals surface area contributed by atoms with Crippen LogP contribution in [0.1, 0.15) is 47.8 Å². The Balaban J connectivity index is 2.31. The molecule has 0 radical (unpaired) electrons. The Labute approximate surface area is 172 Å². The lowest BCUT2D eigenvalue weighted by atomic mass is 9.84. The second-order valence-corrected chi connectivity index (χ2v) is 7.58. The number of aromatic hydroxyl groups is 1. The Bertz CT molecular complexity index is 1120. The van der Waals surface area contributed by atoms with Crippen molar-refractivity contribution in [1.29, 1.82) is 0 Å². The molecule has 0 aliphatic heterocycles. The largest absolute Gasteiger partial charge is 0.508 e. The number of rotatable bonds is 5. The molecule has 1 unspecified atom stereocenters. The van der Waals surface area contributed by atoms with E-state index in [0.717, 1.165) is 6.07 Å². The van der Waals surface area contributed by atoms with Crippen molar-refractivity contribution in [2.24, 2.45) is 5.92 Å². The van der Waals surface area contributed by atoms with Crippen molar-refractivity contribution >= 4 is 34.4 Å². The van der Waals surface area contributed by atoms with Crippen LogP contribution in [0.15, 0.2) is 36.4 Å². The van der Waals surface area contributed by atoms with E-state index in [1.165, 1.54) is 28.8 Å². The van der Waals surface area contributed by atoms with Gasteiger partial charge in [-0.3, -0.25) is 14.2 Å². The van der Waals surface area contributed by atoms with Crippen LogP contribution in [0.3, 0.4) is 0 Å². The highest BCUT2D eigenvalue weighted by molar-refractivity contribution is 6.30. The van der Waals surface area contributed by atoms with Crippen molar-refractivity contribution in [3.8, 4) is 5.75 Å². The smallest absolute Gasteiger partial charge is 0.311 e. The Morgan fingerprint density at radius 3 is 2.48 bits per heavy atom. The number of aliphatic carboxylic acids is 1. The summed E-state index contributed by atoms with van der Waals surface area (Å²) >= 11 is 5.72. The first-order valence-corrected chi connectivity index (χ1v) is 9.61. The quantitative estimate of drug-likeness (QED) is 0.586. The highest BCUT2D eigenvalue weighted by Crippen LogP contribution is 2.38.